The molecule has 0 heterocycles. The monoisotopic (exact) mass is 246 g/mol. The maximum Gasteiger partial charge on any atom is 0.329 e. The highest BCUT2D eigenvalue weighted by atomic mass is 16.5. The zero-order chi connectivity index (χ0) is 13.4. The molecule has 0 aliphatic carbocycles. The molecule has 0 bridgehead atoms. The molecule has 3 unspecified atom stereocenters. The molecular formula is C11H22N2O4. The number of carbonyl (C=O) groups excluding carboxylic acids is 2. The first-order valence-corrected chi connectivity index (χ1v) is 5.61. The predicted octanol–water partition coefficient (Wildman–Crippen LogP) is -0.729. The van der Waals surface area contributed by atoms with Gasteiger partial charge >= 0.3 is 5.97 Å². The Kier molecular flexibility index (Phi) is 7.49. The van der Waals surface area contributed by atoms with Crippen LogP contribution in [-0.4, -0.2) is 49.3 Å². The summed E-state index contributed by atoms with van der Waals surface area (Å²) in [6, 6.07) is -0.660. The number of methoxy groups -OCH3 is 1. The standard InChI is InChI=1S/C11H22N2O4/c1-7(6-14)8(2)12-5-10(11(16)17-4)13-9(3)15/h7-8,10,12,14H,5-6H2,1-4H3,(H,13,15). The lowest BCUT2D eigenvalue weighted by atomic mass is 10.0. The van der Waals surface area contributed by atoms with Crippen LogP contribution in [0.25, 0.3) is 0 Å². The van der Waals surface area contributed by atoms with Crippen LogP contribution < -0.4 is 10.6 Å². The summed E-state index contributed by atoms with van der Waals surface area (Å²) < 4.78 is 4.59. The normalized spacial score (nSPS) is 15.8. The molecule has 0 spiro atoms. The Bertz CT molecular complexity index is 258. The van der Waals surface area contributed by atoms with Crippen LogP contribution in [-0.2, 0) is 14.3 Å². The van der Waals surface area contributed by atoms with Crippen molar-refractivity contribution in [1.29, 1.82) is 0 Å². The van der Waals surface area contributed by atoms with E-state index >= 15 is 0 Å². The molecule has 0 aromatic heterocycles. The Morgan fingerprint density at radius 3 is 2.35 bits per heavy atom. The molecule has 0 rings (SSSR count). The molecule has 1 amide bonds. The maximum atomic E-state index is 11.4. The van der Waals surface area contributed by atoms with Gasteiger partial charge in [0.1, 0.15) is 6.04 Å². The van der Waals surface area contributed by atoms with Crippen LogP contribution in [0.5, 0.6) is 0 Å². The largest absolute Gasteiger partial charge is 0.467 e. The van der Waals surface area contributed by atoms with Gasteiger partial charge in [-0.2, -0.15) is 0 Å². The summed E-state index contributed by atoms with van der Waals surface area (Å²) in [4.78, 5) is 22.3. The molecule has 3 atom stereocenters. The summed E-state index contributed by atoms with van der Waals surface area (Å²) in [6.07, 6.45) is 0. The number of nitrogens with one attached hydrogen (secondary N) is 2. The molecule has 0 saturated heterocycles. The van der Waals surface area contributed by atoms with Crippen molar-refractivity contribution < 1.29 is 19.4 Å². The molecule has 0 fully saturated rings. The van der Waals surface area contributed by atoms with Gasteiger partial charge < -0.3 is 20.5 Å². The fourth-order valence-electron chi connectivity index (χ4n) is 1.24. The Hall–Kier alpha value is -1.14. The molecule has 0 radical (unpaired) electrons. The van der Waals surface area contributed by atoms with E-state index in [0.29, 0.717) is 0 Å². The average molecular weight is 246 g/mol. The molecule has 0 saturated carbocycles. The zero-order valence-corrected chi connectivity index (χ0v) is 10.8. The van der Waals surface area contributed by atoms with E-state index in [9.17, 15) is 9.59 Å². The van der Waals surface area contributed by atoms with E-state index in [1.165, 1.54) is 14.0 Å². The van der Waals surface area contributed by atoms with Gasteiger partial charge in [0.2, 0.25) is 5.91 Å². The van der Waals surface area contributed by atoms with Crippen LogP contribution in [0.4, 0.5) is 0 Å². The van der Waals surface area contributed by atoms with Crippen molar-refractivity contribution in [3.05, 3.63) is 0 Å². The maximum absolute atomic E-state index is 11.4. The van der Waals surface area contributed by atoms with E-state index in [-0.39, 0.29) is 31.0 Å². The number of amides is 1. The second kappa shape index (κ2) is 8.03. The lowest BCUT2D eigenvalue weighted by Crippen LogP contribution is -2.49. The number of aliphatic hydroxyl groups is 1. The van der Waals surface area contributed by atoms with Crippen molar-refractivity contribution in [2.24, 2.45) is 5.92 Å². The molecule has 0 aromatic carbocycles. The van der Waals surface area contributed by atoms with Crippen LogP contribution in [0.2, 0.25) is 0 Å². The Morgan fingerprint density at radius 1 is 1.35 bits per heavy atom. The lowest BCUT2D eigenvalue weighted by molar-refractivity contribution is -0.144. The minimum Gasteiger partial charge on any atom is -0.467 e. The summed E-state index contributed by atoms with van der Waals surface area (Å²) in [5, 5.41) is 14.6. The number of ether oxygens (including phenoxy) is 1. The van der Waals surface area contributed by atoms with Gasteiger partial charge in [-0.15, -0.1) is 0 Å². The first kappa shape index (κ1) is 15.9. The molecular weight excluding hydrogens is 224 g/mol. The van der Waals surface area contributed by atoms with E-state index < -0.39 is 12.0 Å². The molecule has 6 nitrogen and oxygen atoms in total. The van der Waals surface area contributed by atoms with Crippen molar-refractivity contribution in [2.75, 3.05) is 20.3 Å². The molecule has 100 valence electrons. The van der Waals surface area contributed by atoms with Crippen LogP contribution in [0, 0.1) is 5.92 Å². The molecule has 3 N–H and O–H groups in total. The Labute approximate surface area is 102 Å². The van der Waals surface area contributed by atoms with Crippen molar-refractivity contribution >= 4 is 11.9 Å². The number of hydrogen-bond acceptors (Lipinski definition) is 5. The van der Waals surface area contributed by atoms with Gasteiger partial charge in [0.15, 0.2) is 0 Å². The highest BCUT2D eigenvalue weighted by molar-refractivity contribution is 5.83. The van der Waals surface area contributed by atoms with E-state index in [1.54, 1.807) is 0 Å². The van der Waals surface area contributed by atoms with Gasteiger partial charge in [-0.1, -0.05) is 6.92 Å². The summed E-state index contributed by atoms with van der Waals surface area (Å²) in [7, 11) is 1.27. The Morgan fingerprint density at radius 2 is 1.94 bits per heavy atom. The molecule has 0 aliphatic heterocycles. The van der Waals surface area contributed by atoms with E-state index in [0.717, 1.165) is 0 Å². The van der Waals surface area contributed by atoms with Gasteiger partial charge in [-0.3, -0.25) is 4.79 Å². The van der Waals surface area contributed by atoms with Gasteiger partial charge in [-0.05, 0) is 12.8 Å². The predicted molar refractivity (Wildman–Crippen MR) is 63.3 cm³/mol. The van der Waals surface area contributed by atoms with E-state index in [4.69, 9.17) is 5.11 Å². The van der Waals surface area contributed by atoms with Gasteiger partial charge in [0, 0.05) is 26.1 Å². The second-order valence-electron chi connectivity index (χ2n) is 4.13. The minimum atomic E-state index is -0.703. The summed E-state index contributed by atoms with van der Waals surface area (Å²) in [5.41, 5.74) is 0. The first-order valence-electron chi connectivity index (χ1n) is 5.61. The topological polar surface area (TPSA) is 87.7 Å². The third-order valence-corrected chi connectivity index (χ3v) is 2.65. The van der Waals surface area contributed by atoms with Gasteiger partial charge in [-0.25, -0.2) is 4.79 Å². The number of hydrogen-bond donors (Lipinski definition) is 3. The zero-order valence-electron chi connectivity index (χ0n) is 10.8. The number of aliphatic hydroxyl groups excluding tert-OH is 1. The van der Waals surface area contributed by atoms with Crippen molar-refractivity contribution in [1.82, 2.24) is 10.6 Å². The highest BCUT2D eigenvalue weighted by Crippen LogP contribution is 2.00. The SMILES string of the molecule is COC(=O)C(CNC(C)C(C)CO)NC(C)=O. The fraction of sp³-hybridized carbons (Fsp3) is 0.818. The third-order valence-electron chi connectivity index (χ3n) is 2.65. The van der Waals surface area contributed by atoms with Gasteiger partial charge in [0.25, 0.3) is 0 Å². The van der Waals surface area contributed by atoms with E-state index in [2.05, 4.69) is 15.4 Å². The smallest absolute Gasteiger partial charge is 0.329 e. The average Bonchev–Trinajstić information content (AvgIpc) is 2.31. The van der Waals surface area contributed by atoms with Gasteiger partial charge in [0.05, 0.1) is 7.11 Å². The molecule has 6 heteroatoms. The quantitative estimate of drug-likeness (QED) is 0.516. The highest BCUT2D eigenvalue weighted by Gasteiger charge is 2.21. The molecule has 17 heavy (non-hydrogen) atoms. The van der Waals surface area contributed by atoms with Crippen LogP contribution in [0.15, 0.2) is 0 Å². The number of carbonyl (C=O) groups is 2. The first-order chi connectivity index (χ1) is 7.92. The third kappa shape index (κ3) is 6.23. The summed E-state index contributed by atoms with van der Waals surface area (Å²) >= 11 is 0. The van der Waals surface area contributed by atoms with Crippen molar-refractivity contribution in [2.45, 2.75) is 32.9 Å². The van der Waals surface area contributed by atoms with Crippen LogP contribution in [0.1, 0.15) is 20.8 Å². The minimum absolute atomic E-state index is 0.0425. The molecule has 0 aliphatic rings. The number of rotatable bonds is 7. The molecule has 0 aromatic rings. The summed E-state index contributed by atoms with van der Waals surface area (Å²) in [5.74, 6) is -0.702. The van der Waals surface area contributed by atoms with Crippen molar-refractivity contribution in [3.63, 3.8) is 0 Å². The lowest BCUT2D eigenvalue weighted by Gasteiger charge is -2.22. The Balaban J connectivity index is 4.25. The van der Waals surface area contributed by atoms with Crippen LogP contribution in [0.3, 0.4) is 0 Å². The summed E-state index contributed by atoms with van der Waals surface area (Å²) in [6.45, 7) is 5.48. The second-order valence-corrected chi connectivity index (χ2v) is 4.13. The number of esters is 1. The van der Waals surface area contributed by atoms with Crippen molar-refractivity contribution in [3.8, 4) is 0 Å². The van der Waals surface area contributed by atoms with Crippen LogP contribution >= 0.6 is 0 Å². The van der Waals surface area contributed by atoms with E-state index in [1.807, 2.05) is 13.8 Å². The fourth-order valence-corrected chi connectivity index (χ4v) is 1.24.